The molecule has 0 spiro atoms. The van der Waals surface area contributed by atoms with Crippen LogP contribution in [0.4, 0.5) is 0 Å². The summed E-state index contributed by atoms with van der Waals surface area (Å²) in [6.07, 6.45) is 1.62. The van der Waals surface area contributed by atoms with Gasteiger partial charge in [-0.1, -0.05) is 25.4 Å². The Hall–Kier alpha value is -1.07. The van der Waals surface area contributed by atoms with Gasteiger partial charge in [-0.05, 0) is 12.8 Å². The molecule has 0 bridgehead atoms. The lowest BCUT2D eigenvalue weighted by atomic mass is 10.1. The minimum absolute atomic E-state index is 0.0635. The number of rotatable bonds is 4. The summed E-state index contributed by atoms with van der Waals surface area (Å²) in [5, 5.41) is 8.32. The maximum Gasteiger partial charge on any atom is 0.240 e. The molecular weight excluding hydrogens is 264 g/mol. The Kier molecular flexibility index (Phi) is 4.47. The van der Waals surface area contributed by atoms with Crippen molar-refractivity contribution in [1.82, 2.24) is 20.0 Å². The second kappa shape index (κ2) is 5.92. The van der Waals surface area contributed by atoms with E-state index < -0.39 is 0 Å². The smallest absolute Gasteiger partial charge is 0.240 e. The average Bonchev–Trinajstić information content (AvgIpc) is 2.68. The van der Waals surface area contributed by atoms with Gasteiger partial charge >= 0.3 is 0 Å². The molecule has 1 aromatic rings. The summed E-state index contributed by atoms with van der Waals surface area (Å²) in [5.74, 6) is 0.157. The highest BCUT2D eigenvalue weighted by atomic mass is 35.5. The first-order chi connectivity index (χ1) is 9.08. The van der Waals surface area contributed by atoms with Gasteiger partial charge in [0, 0.05) is 20.1 Å². The van der Waals surface area contributed by atoms with E-state index in [1.807, 2.05) is 25.8 Å². The van der Waals surface area contributed by atoms with Gasteiger partial charge in [-0.3, -0.25) is 9.48 Å². The number of nitrogens with zero attached hydrogens (tertiary/aromatic N) is 3. The van der Waals surface area contributed by atoms with Gasteiger partial charge in [0.1, 0.15) is 0 Å². The third-order valence-corrected chi connectivity index (χ3v) is 4.07. The fourth-order valence-electron chi connectivity index (χ4n) is 2.44. The predicted molar refractivity (Wildman–Crippen MR) is 75.1 cm³/mol. The fourth-order valence-corrected chi connectivity index (χ4v) is 2.79. The molecule has 0 radical (unpaired) electrons. The second-order valence-electron chi connectivity index (χ2n) is 4.86. The van der Waals surface area contributed by atoms with Gasteiger partial charge in [-0.25, -0.2) is 0 Å². The number of piperazine rings is 1. The van der Waals surface area contributed by atoms with Crippen LogP contribution in [0.1, 0.15) is 31.7 Å². The van der Waals surface area contributed by atoms with Gasteiger partial charge < -0.3 is 10.2 Å². The van der Waals surface area contributed by atoms with E-state index >= 15 is 0 Å². The molecule has 2 rings (SSSR count). The van der Waals surface area contributed by atoms with Gasteiger partial charge in [0.2, 0.25) is 5.91 Å². The summed E-state index contributed by atoms with van der Waals surface area (Å²) in [7, 11) is 1.88. The molecule has 6 heteroatoms. The zero-order valence-electron chi connectivity index (χ0n) is 11.7. The molecule has 1 saturated heterocycles. The van der Waals surface area contributed by atoms with Crippen LogP contribution >= 0.6 is 11.6 Å². The fraction of sp³-hybridized carbons (Fsp3) is 0.692. The Morgan fingerprint density at radius 3 is 2.79 bits per heavy atom. The van der Waals surface area contributed by atoms with Gasteiger partial charge in [-0.15, -0.1) is 0 Å². The molecule has 0 aliphatic carbocycles. The van der Waals surface area contributed by atoms with Crippen molar-refractivity contribution >= 4 is 17.5 Å². The Bertz CT molecular complexity index is 471. The summed E-state index contributed by atoms with van der Waals surface area (Å²) >= 11 is 6.33. The van der Waals surface area contributed by atoms with Gasteiger partial charge in [0.05, 0.1) is 29.0 Å². The molecule has 1 atom stereocenters. The van der Waals surface area contributed by atoms with Crippen LogP contribution in [0.5, 0.6) is 0 Å². The lowest BCUT2D eigenvalue weighted by molar-refractivity contribution is -0.136. The molecule has 1 aromatic heterocycles. The SMILES string of the molecule is CCc1nn(C)c(CN2CCNC(CC)C2=O)c1Cl. The third kappa shape index (κ3) is 2.77. The number of nitrogens with one attached hydrogen (secondary N) is 1. The van der Waals surface area contributed by atoms with Crippen molar-refractivity contribution in [3.63, 3.8) is 0 Å². The predicted octanol–water partition coefficient (Wildman–Crippen LogP) is 1.35. The Balaban J connectivity index is 2.17. The minimum Gasteiger partial charge on any atom is -0.334 e. The van der Waals surface area contributed by atoms with Gasteiger partial charge in [-0.2, -0.15) is 5.10 Å². The standard InChI is InChI=1S/C13H21ClN4O/c1-4-9-12(14)11(17(3)16-9)8-18-7-6-15-10(5-2)13(18)19/h10,15H,4-8H2,1-3H3. The van der Waals surface area contributed by atoms with E-state index in [1.165, 1.54) is 0 Å². The van der Waals surface area contributed by atoms with E-state index in [2.05, 4.69) is 10.4 Å². The molecule has 106 valence electrons. The van der Waals surface area contributed by atoms with Crippen molar-refractivity contribution < 1.29 is 4.79 Å². The Labute approximate surface area is 118 Å². The first-order valence-corrected chi connectivity index (χ1v) is 7.18. The van der Waals surface area contributed by atoms with E-state index in [9.17, 15) is 4.79 Å². The van der Waals surface area contributed by atoms with Crippen LogP contribution in [0.15, 0.2) is 0 Å². The van der Waals surface area contributed by atoms with Crippen LogP contribution in [-0.2, 0) is 24.8 Å². The summed E-state index contributed by atoms with van der Waals surface area (Å²) in [6.45, 7) is 6.14. The van der Waals surface area contributed by atoms with Crippen molar-refractivity contribution in [2.45, 2.75) is 39.3 Å². The van der Waals surface area contributed by atoms with Crippen molar-refractivity contribution in [3.8, 4) is 0 Å². The Morgan fingerprint density at radius 1 is 1.47 bits per heavy atom. The molecule has 1 fully saturated rings. The molecule has 1 N–H and O–H groups in total. The van der Waals surface area contributed by atoms with E-state index in [0.29, 0.717) is 11.6 Å². The molecule has 0 aromatic carbocycles. The zero-order chi connectivity index (χ0) is 14.0. The van der Waals surface area contributed by atoms with E-state index in [-0.39, 0.29) is 11.9 Å². The average molecular weight is 285 g/mol. The lowest BCUT2D eigenvalue weighted by Crippen LogP contribution is -2.54. The van der Waals surface area contributed by atoms with Crippen LogP contribution < -0.4 is 5.32 Å². The zero-order valence-corrected chi connectivity index (χ0v) is 12.5. The monoisotopic (exact) mass is 284 g/mol. The number of aromatic nitrogens is 2. The molecule has 1 aliphatic heterocycles. The molecule has 19 heavy (non-hydrogen) atoms. The van der Waals surface area contributed by atoms with E-state index in [1.54, 1.807) is 4.68 Å². The van der Waals surface area contributed by atoms with Crippen molar-refractivity contribution in [1.29, 1.82) is 0 Å². The van der Waals surface area contributed by atoms with Gasteiger partial charge in [0.15, 0.2) is 0 Å². The first kappa shape index (κ1) is 14.3. The number of halogens is 1. The highest BCUT2D eigenvalue weighted by Crippen LogP contribution is 2.23. The highest BCUT2D eigenvalue weighted by Gasteiger charge is 2.28. The van der Waals surface area contributed by atoms with Crippen molar-refractivity contribution in [2.24, 2.45) is 7.05 Å². The van der Waals surface area contributed by atoms with Crippen LogP contribution in [0.3, 0.4) is 0 Å². The molecule has 5 nitrogen and oxygen atoms in total. The van der Waals surface area contributed by atoms with E-state index in [0.717, 1.165) is 37.3 Å². The number of hydrogen-bond acceptors (Lipinski definition) is 3. The summed E-state index contributed by atoms with van der Waals surface area (Å²) in [6, 6.07) is -0.0635. The quantitative estimate of drug-likeness (QED) is 0.908. The normalized spacial score (nSPS) is 20.1. The second-order valence-corrected chi connectivity index (χ2v) is 5.24. The van der Waals surface area contributed by atoms with E-state index in [4.69, 9.17) is 11.6 Å². The van der Waals surface area contributed by atoms with Crippen molar-refractivity contribution in [3.05, 3.63) is 16.4 Å². The highest BCUT2D eigenvalue weighted by molar-refractivity contribution is 6.31. The van der Waals surface area contributed by atoms with Gasteiger partial charge in [0.25, 0.3) is 0 Å². The summed E-state index contributed by atoms with van der Waals surface area (Å²) in [5.41, 5.74) is 1.82. The summed E-state index contributed by atoms with van der Waals surface area (Å²) < 4.78 is 1.79. The Morgan fingerprint density at radius 2 is 2.21 bits per heavy atom. The summed E-state index contributed by atoms with van der Waals surface area (Å²) in [4.78, 5) is 14.1. The molecular formula is C13H21ClN4O. The molecule has 1 unspecified atom stereocenters. The first-order valence-electron chi connectivity index (χ1n) is 6.80. The number of carbonyl (C=O) groups excluding carboxylic acids is 1. The largest absolute Gasteiger partial charge is 0.334 e. The van der Waals surface area contributed by atoms with Crippen LogP contribution in [-0.4, -0.2) is 39.7 Å². The third-order valence-electron chi connectivity index (χ3n) is 3.63. The van der Waals surface area contributed by atoms with Crippen LogP contribution in [0.2, 0.25) is 5.02 Å². The molecule has 0 saturated carbocycles. The van der Waals surface area contributed by atoms with Crippen LogP contribution in [0.25, 0.3) is 0 Å². The topological polar surface area (TPSA) is 50.2 Å². The lowest BCUT2D eigenvalue weighted by Gasteiger charge is -2.32. The number of hydrogen-bond donors (Lipinski definition) is 1. The molecule has 1 aliphatic rings. The number of amides is 1. The molecule has 2 heterocycles. The molecule has 1 amide bonds. The maximum atomic E-state index is 12.3. The van der Waals surface area contributed by atoms with Crippen molar-refractivity contribution in [2.75, 3.05) is 13.1 Å². The maximum absolute atomic E-state index is 12.3. The number of aryl methyl sites for hydroxylation is 2. The number of carbonyl (C=O) groups is 1. The minimum atomic E-state index is -0.0635. The van der Waals surface area contributed by atoms with Crippen LogP contribution in [0, 0.1) is 0 Å².